The van der Waals surface area contributed by atoms with Gasteiger partial charge in [0.05, 0.1) is 15.9 Å². The maximum Gasteiger partial charge on any atom is 0.164 e. The van der Waals surface area contributed by atoms with Crippen molar-refractivity contribution in [3.05, 3.63) is 164 Å². The van der Waals surface area contributed by atoms with E-state index in [0.717, 1.165) is 76.4 Å². The largest absolute Gasteiger partial charge is 0.456 e. The quantitative estimate of drug-likeness (QED) is 0.174. The molecule has 57 heavy (non-hydrogen) atoms. The molecular weight excluding hydrogens is 739 g/mol. The van der Waals surface area contributed by atoms with Crippen molar-refractivity contribution >= 4 is 85.1 Å². The summed E-state index contributed by atoms with van der Waals surface area (Å²) >= 11 is 3.51. The summed E-state index contributed by atoms with van der Waals surface area (Å²) in [5.74, 6) is 2.53. The van der Waals surface area contributed by atoms with Gasteiger partial charge in [-0.1, -0.05) is 127 Å². The number of furan rings is 1. The maximum atomic E-state index is 6.68. The van der Waals surface area contributed by atoms with Crippen LogP contribution >= 0.6 is 22.7 Å². The first-order valence-corrected chi connectivity index (χ1v) is 20.3. The lowest BCUT2D eigenvalue weighted by atomic mass is 10.0. The Morgan fingerprint density at radius 2 is 0.965 bits per heavy atom. The molecule has 0 saturated carbocycles. The Balaban J connectivity index is 1.07. The first-order valence-electron chi connectivity index (χ1n) is 18.7. The minimum Gasteiger partial charge on any atom is -0.456 e. The molecule has 0 saturated heterocycles. The van der Waals surface area contributed by atoms with Crippen molar-refractivity contribution in [2.24, 2.45) is 0 Å². The predicted molar refractivity (Wildman–Crippen MR) is 236 cm³/mol. The first kappa shape index (κ1) is 32.1. The fraction of sp³-hybridized carbons (Fsp3) is 0. The molecule has 0 amide bonds. The number of thiophene rings is 2. The second-order valence-corrected chi connectivity index (χ2v) is 16.1. The molecule has 0 radical (unpaired) electrons. The van der Waals surface area contributed by atoms with Crippen LogP contribution in [0.2, 0.25) is 0 Å². The molecule has 6 nitrogen and oxygen atoms in total. The van der Waals surface area contributed by atoms with Crippen molar-refractivity contribution in [1.82, 2.24) is 24.9 Å². The maximum absolute atomic E-state index is 6.68. The summed E-state index contributed by atoms with van der Waals surface area (Å²) < 4.78 is 11.3. The van der Waals surface area contributed by atoms with E-state index >= 15 is 0 Å². The van der Waals surface area contributed by atoms with E-state index in [2.05, 4.69) is 103 Å². The van der Waals surface area contributed by atoms with Gasteiger partial charge in [0.2, 0.25) is 0 Å². The number of fused-ring (bicyclic) bond motifs is 9. The van der Waals surface area contributed by atoms with Crippen molar-refractivity contribution in [3.63, 3.8) is 0 Å². The van der Waals surface area contributed by atoms with E-state index < -0.39 is 0 Å². The van der Waals surface area contributed by atoms with E-state index in [9.17, 15) is 0 Å². The highest BCUT2D eigenvalue weighted by Gasteiger charge is 2.22. The van der Waals surface area contributed by atoms with Crippen molar-refractivity contribution in [2.45, 2.75) is 0 Å². The SMILES string of the molecule is c1ccc(-c2nc(-c3cccc4oc5cc(-c6nc(-c7ccccc7)nc7c6sc6ccccc67)ccc5c34)nc(-c3cccc4sc5ccccc5c34)n2)cc1. The summed E-state index contributed by atoms with van der Waals surface area (Å²) in [5, 5.41) is 5.41. The predicted octanol–water partition coefficient (Wildman–Crippen LogP) is 13.6. The summed E-state index contributed by atoms with van der Waals surface area (Å²) in [5.41, 5.74) is 8.07. The lowest BCUT2D eigenvalue weighted by Gasteiger charge is -2.10. The molecule has 0 N–H and O–H groups in total. The van der Waals surface area contributed by atoms with Gasteiger partial charge in [-0.15, -0.1) is 22.7 Å². The Bertz CT molecular complexity index is 3540. The molecule has 5 heterocycles. The topological polar surface area (TPSA) is 77.6 Å². The zero-order valence-corrected chi connectivity index (χ0v) is 31.7. The number of hydrogen-bond donors (Lipinski definition) is 0. The van der Waals surface area contributed by atoms with Crippen LogP contribution in [0.4, 0.5) is 0 Å². The average Bonchev–Trinajstić information content (AvgIpc) is 3.97. The molecule has 7 aromatic carbocycles. The highest BCUT2D eigenvalue weighted by atomic mass is 32.1. The second kappa shape index (κ2) is 12.7. The van der Waals surface area contributed by atoms with Gasteiger partial charge >= 0.3 is 0 Å². The molecule has 0 spiro atoms. The Morgan fingerprint density at radius 3 is 1.72 bits per heavy atom. The van der Waals surface area contributed by atoms with Crippen molar-refractivity contribution < 1.29 is 4.42 Å². The molecule has 8 heteroatoms. The van der Waals surface area contributed by atoms with Gasteiger partial charge in [-0.3, -0.25) is 0 Å². The Morgan fingerprint density at radius 1 is 0.368 bits per heavy atom. The third-order valence-corrected chi connectivity index (χ3v) is 12.9. The van der Waals surface area contributed by atoms with Gasteiger partial charge in [0, 0.05) is 68.8 Å². The molecule has 0 aliphatic heterocycles. The van der Waals surface area contributed by atoms with E-state index in [1.165, 1.54) is 19.5 Å². The molecule has 0 aliphatic rings. The van der Waals surface area contributed by atoms with E-state index in [4.69, 9.17) is 29.3 Å². The zero-order chi connectivity index (χ0) is 37.5. The van der Waals surface area contributed by atoms with Crippen molar-refractivity contribution in [1.29, 1.82) is 0 Å². The van der Waals surface area contributed by atoms with Crippen molar-refractivity contribution in [3.8, 4) is 56.8 Å². The molecule has 0 aliphatic carbocycles. The zero-order valence-electron chi connectivity index (χ0n) is 30.0. The third-order valence-electron chi connectivity index (χ3n) is 10.6. The number of rotatable bonds is 5. The fourth-order valence-electron chi connectivity index (χ4n) is 7.96. The van der Waals surface area contributed by atoms with Gasteiger partial charge in [-0.2, -0.15) is 0 Å². The molecule has 0 fully saturated rings. The van der Waals surface area contributed by atoms with Crippen LogP contribution in [0.15, 0.2) is 168 Å². The van der Waals surface area contributed by atoms with Gasteiger partial charge < -0.3 is 4.42 Å². The molecule has 0 atom stereocenters. The van der Waals surface area contributed by atoms with Crippen molar-refractivity contribution in [2.75, 3.05) is 0 Å². The summed E-state index contributed by atoms with van der Waals surface area (Å²) in [6, 6.07) is 56.1. The van der Waals surface area contributed by atoms with Crippen LogP contribution in [0.3, 0.4) is 0 Å². The smallest absolute Gasteiger partial charge is 0.164 e. The summed E-state index contributed by atoms with van der Waals surface area (Å²) in [7, 11) is 0. The second-order valence-electron chi connectivity index (χ2n) is 14.0. The monoisotopic (exact) mass is 765 g/mol. The number of aromatic nitrogens is 5. The van der Waals surface area contributed by atoms with Gasteiger partial charge in [-0.05, 0) is 36.4 Å². The Hall–Kier alpha value is -7.13. The Labute approximate surface area is 333 Å². The number of hydrogen-bond acceptors (Lipinski definition) is 8. The number of benzene rings is 7. The normalized spacial score (nSPS) is 11.9. The van der Waals surface area contributed by atoms with Crippen LogP contribution in [0.25, 0.3) is 119 Å². The first-order chi connectivity index (χ1) is 28.2. The highest BCUT2D eigenvalue weighted by molar-refractivity contribution is 7.26. The minimum absolute atomic E-state index is 0.586. The van der Waals surface area contributed by atoms with E-state index in [1.54, 1.807) is 22.7 Å². The van der Waals surface area contributed by atoms with Crippen LogP contribution in [-0.4, -0.2) is 24.9 Å². The van der Waals surface area contributed by atoms with Crippen LogP contribution in [0, 0.1) is 0 Å². The molecule has 12 aromatic rings. The summed E-state index contributed by atoms with van der Waals surface area (Å²) in [6.45, 7) is 0. The number of nitrogens with zero attached hydrogens (tertiary/aromatic N) is 5. The molecule has 0 unspecified atom stereocenters. The standard InChI is InChI=1S/C49H27N5OS2/c1-3-13-28(14-4-1)46-50-43(45-44(51-46)33-18-8-10-23-39(33)57-45)30-25-26-31-37(27-30)55-36-21-11-19-34(41(31)36)48-52-47(29-15-5-2-6-16-29)53-49(54-48)35-20-12-24-40-42(35)32-17-7-9-22-38(32)56-40/h1-27H. The fourth-order valence-corrected chi connectivity index (χ4v) is 10.2. The molecule has 12 rings (SSSR count). The average molecular weight is 766 g/mol. The lowest BCUT2D eigenvalue weighted by molar-refractivity contribution is 0.669. The van der Waals surface area contributed by atoms with E-state index in [0.29, 0.717) is 23.3 Å². The molecule has 5 aromatic heterocycles. The van der Waals surface area contributed by atoms with E-state index in [-0.39, 0.29) is 0 Å². The van der Waals surface area contributed by atoms with Gasteiger partial charge in [0.15, 0.2) is 23.3 Å². The molecule has 0 bridgehead atoms. The minimum atomic E-state index is 0.586. The molecule has 266 valence electrons. The summed E-state index contributed by atoms with van der Waals surface area (Å²) in [6.07, 6.45) is 0. The van der Waals surface area contributed by atoms with Crippen LogP contribution in [-0.2, 0) is 0 Å². The van der Waals surface area contributed by atoms with Gasteiger partial charge in [-0.25, -0.2) is 24.9 Å². The third kappa shape index (κ3) is 5.19. The van der Waals surface area contributed by atoms with Gasteiger partial charge in [0.25, 0.3) is 0 Å². The van der Waals surface area contributed by atoms with Crippen LogP contribution in [0.1, 0.15) is 0 Å². The molecular formula is C49H27N5OS2. The van der Waals surface area contributed by atoms with E-state index in [1.807, 2.05) is 60.7 Å². The van der Waals surface area contributed by atoms with Crippen LogP contribution < -0.4 is 0 Å². The van der Waals surface area contributed by atoms with Crippen LogP contribution in [0.5, 0.6) is 0 Å². The highest BCUT2D eigenvalue weighted by Crippen LogP contribution is 2.43. The summed E-state index contributed by atoms with van der Waals surface area (Å²) in [4.78, 5) is 25.8. The lowest BCUT2D eigenvalue weighted by Crippen LogP contribution is -2.00. The van der Waals surface area contributed by atoms with Gasteiger partial charge in [0.1, 0.15) is 11.2 Å². The Kier molecular flexibility index (Phi) is 7.17.